The molecular formula is C13H17FO2. The molecule has 1 aromatic rings. The quantitative estimate of drug-likeness (QED) is 0.848. The zero-order valence-corrected chi connectivity index (χ0v) is 9.45. The molecule has 1 N–H and O–H groups in total. The van der Waals surface area contributed by atoms with Crippen molar-refractivity contribution in [3.05, 3.63) is 35.6 Å². The minimum absolute atomic E-state index is 0.121. The molecule has 0 bridgehead atoms. The third-order valence-corrected chi connectivity index (χ3v) is 3.61. The second-order valence-corrected chi connectivity index (χ2v) is 4.45. The molecule has 1 aromatic carbocycles. The molecule has 16 heavy (non-hydrogen) atoms. The number of hydrogen-bond donors (Lipinski definition) is 1. The lowest BCUT2D eigenvalue weighted by Gasteiger charge is -2.47. The van der Waals surface area contributed by atoms with E-state index in [4.69, 9.17) is 4.74 Å². The molecule has 1 saturated heterocycles. The van der Waals surface area contributed by atoms with E-state index in [1.54, 1.807) is 12.1 Å². The highest BCUT2D eigenvalue weighted by Gasteiger charge is 2.46. The lowest BCUT2D eigenvalue weighted by Crippen LogP contribution is -2.53. The Bertz CT molecular complexity index is 357. The Kier molecular flexibility index (Phi) is 3.26. The Hall–Kier alpha value is -0.930. The monoisotopic (exact) mass is 224 g/mol. The fourth-order valence-corrected chi connectivity index (χ4v) is 2.45. The summed E-state index contributed by atoms with van der Waals surface area (Å²) < 4.78 is 18.5. The number of ether oxygens (including phenoxy) is 1. The number of rotatable bonds is 4. The summed E-state index contributed by atoms with van der Waals surface area (Å²) in [5.74, 6) is -0.0837. The number of benzene rings is 1. The highest BCUT2D eigenvalue weighted by atomic mass is 19.1. The maximum absolute atomic E-state index is 13.2. The maximum atomic E-state index is 13.2. The third-order valence-electron chi connectivity index (χ3n) is 3.61. The number of aliphatic hydroxyl groups excluding tert-OH is 1. The van der Waals surface area contributed by atoms with Crippen LogP contribution >= 0.6 is 0 Å². The van der Waals surface area contributed by atoms with Gasteiger partial charge in [0.2, 0.25) is 0 Å². The van der Waals surface area contributed by atoms with Crippen LogP contribution in [0.4, 0.5) is 4.39 Å². The zero-order valence-electron chi connectivity index (χ0n) is 9.45. The average Bonchev–Trinajstić information content (AvgIpc) is 2.23. The van der Waals surface area contributed by atoms with Gasteiger partial charge in [-0.1, -0.05) is 25.5 Å². The van der Waals surface area contributed by atoms with Crippen molar-refractivity contribution in [2.75, 3.05) is 19.8 Å². The topological polar surface area (TPSA) is 29.5 Å². The molecule has 0 aromatic heterocycles. The molecule has 1 atom stereocenters. The first-order valence-electron chi connectivity index (χ1n) is 5.67. The van der Waals surface area contributed by atoms with E-state index in [1.807, 2.05) is 13.0 Å². The van der Waals surface area contributed by atoms with Crippen LogP contribution in [0.5, 0.6) is 0 Å². The smallest absolute Gasteiger partial charge is 0.123 e. The summed E-state index contributed by atoms with van der Waals surface area (Å²) in [6, 6.07) is 6.64. The Morgan fingerprint density at radius 3 is 2.69 bits per heavy atom. The van der Waals surface area contributed by atoms with Gasteiger partial charge in [-0.2, -0.15) is 0 Å². The summed E-state index contributed by atoms with van der Waals surface area (Å²) in [4.78, 5) is 0. The molecule has 0 saturated carbocycles. The van der Waals surface area contributed by atoms with E-state index in [2.05, 4.69) is 0 Å². The van der Waals surface area contributed by atoms with Crippen LogP contribution in [0.3, 0.4) is 0 Å². The summed E-state index contributed by atoms with van der Waals surface area (Å²) in [7, 11) is 0. The van der Waals surface area contributed by atoms with Gasteiger partial charge in [0.05, 0.1) is 13.2 Å². The first-order valence-corrected chi connectivity index (χ1v) is 5.67. The van der Waals surface area contributed by atoms with Gasteiger partial charge in [-0.05, 0) is 23.6 Å². The van der Waals surface area contributed by atoms with E-state index in [0.717, 1.165) is 12.0 Å². The van der Waals surface area contributed by atoms with E-state index in [1.165, 1.54) is 6.07 Å². The Morgan fingerprint density at radius 2 is 2.25 bits per heavy atom. The van der Waals surface area contributed by atoms with E-state index >= 15 is 0 Å². The van der Waals surface area contributed by atoms with Crippen molar-refractivity contribution < 1.29 is 14.2 Å². The van der Waals surface area contributed by atoms with Gasteiger partial charge < -0.3 is 9.84 Å². The molecule has 0 spiro atoms. The molecular weight excluding hydrogens is 207 g/mol. The second kappa shape index (κ2) is 4.52. The fourth-order valence-electron chi connectivity index (χ4n) is 2.45. The normalized spacial score (nSPS) is 20.2. The van der Waals surface area contributed by atoms with Crippen LogP contribution in [0.1, 0.15) is 18.9 Å². The highest BCUT2D eigenvalue weighted by Crippen LogP contribution is 2.41. The largest absolute Gasteiger partial charge is 0.396 e. The second-order valence-electron chi connectivity index (χ2n) is 4.45. The number of aliphatic hydroxyl groups is 1. The first-order chi connectivity index (χ1) is 7.73. The van der Waals surface area contributed by atoms with Gasteiger partial charge in [0.25, 0.3) is 0 Å². The van der Waals surface area contributed by atoms with Gasteiger partial charge in [-0.15, -0.1) is 0 Å². The Balaban J connectivity index is 2.34. The van der Waals surface area contributed by atoms with Crippen LogP contribution in [-0.4, -0.2) is 24.9 Å². The van der Waals surface area contributed by atoms with Crippen molar-refractivity contribution in [2.24, 2.45) is 5.92 Å². The molecule has 0 aliphatic carbocycles. The number of halogens is 1. The Labute approximate surface area is 95.1 Å². The molecule has 0 radical (unpaired) electrons. The summed E-state index contributed by atoms with van der Waals surface area (Å²) >= 11 is 0. The van der Waals surface area contributed by atoms with Crippen molar-refractivity contribution in [1.82, 2.24) is 0 Å². The molecule has 2 nitrogen and oxygen atoms in total. The first kappa shape index (κ1) is 11.6. The molecule has 3 heteroatoms. The molecule has 2 rings (SSSR count). The molecule has 1 aliphatic heterocycles. The molecule has 0 amide bonds. The zero-order chi connectivity index (χ0) is 11.6. The average molecular weight is 224 g/mol. The summed E-state index contributed by atoms with van der Waals surface area (Å²) in [5, 5.41) is 9.41. The van der Waals surface area contributed by atoms with Crippen LogP contribution in [-0.2, 0) is 10.2 Å². The van der Waals surface area contributed by atoms with Crippen LogP contribution < -0.4 is 0 Å². The van der Waals surface area contributed by atoms with Crippen molar-refractivity contribution in [2.45, 2.75) is 18.8 Å². The maximum Gasteiger partial charge on any atom is 0.123 e. The van der Waals surface area contributed by atoms with Gasteiger partial charge in [0.15, 0.2) is 0 Å². The SMILES string of the molecule is CCC(CO)C1(c2cccc(F)c2)COC1. The van der Waals surface area contributed by atoms with E-state index in [-0.39, 0.29) is 23.8 Å². The van der Waals surface area contributed by atoms with Gasteiger partial charge >= 0.3 is 0 Å². The summed E-state index contributed by atoms with van der Waals surface area (Å²) in [5.41, 5.74) is 0.755. The fraction of sp³-hybridized carbons (Fsp3) is 0.538. The predicted molar refractivity (Wildman–Crippen MR) is 59.8 cm³/mol. The molecule has 88 valence electrons. The Morgan fingerprint density at radius 1 is 1.50 bits per heavy atom. The van der Waals surface area contributed by atoms with Crippen LogP contribution in [0.25, 0.3) is 0 Å². The minimum Gasteiger partial charge on any atom is -0.396 e. The van der Waals surface area contributed by atoms with Crippen molar-refractivity contribution in [3.63, 3.8) is 0 Å². The summed E-state index contributed by atoms with van der Waals surface area (Å²) in [6.45, 7) is 3.32. The highest BCUT2D eigenvalue weighted by molar-refractivity contribution is 5.30. The summed E-state index contributed by atoms with van der Waals surface area (Å²) in [6.07, 6.45) is 0.871. The lowest BCUT2D eigenvalue weighted by atomic mass is 9.68. The lowest BCUT2D eigenvalue weighted by molar-refractivity contribution is -0.101. The molecule has 1 heterocycles. The predicted octanol–water partition coefficient (Wildman–Crippen LogP) is 2.11. The van der Waals surface area contributed by atoms with Crippen LogP contribution in [0.15, 0.2) is 24.3 Å². The van der Waals surface area contributed by atoms with Gasteiger partial charge in [-0.3, -0.25) is 0 Å². The van der Waals surface area contributed by atoms with Gasteiger partial charge in [-0.25, -0.2) is 4.39 Å². The number of hydrogen-bond acceptors (Lipinski definition) is 2. The van der Waals surface area contributed by atoms with Crippen LogP contribution in [0, 0.1) is 11.7 Å². The minimum atomic E-state index is -0.225. The van der Waals surface area contributed by atoms with Gasteiger partial charge in [0.1, 0.15) is 5.82 Å². The van der Waals surface area contributed by atoms with Crippen molar-refractivity contribution >= 4 is 0 Å². The van der Waals surface area contributed by atoms with E-state index in [9.17, 15) is 9.50 Å². The van der Waals surface area contributed by atoms with Crippen LogP contribution in [0.2, 0.25) is 0 Å². The standard InChI is InChI=1S/C13H17FO2/c1-2-10(7-15)13(8-16-9-13)11-4-3-5-12(14)6-11/h3-6,10,15H,2,7-9H2,1H3. The molecule has 1 unspecified atom stereocenters. The van der Waals surface area contributed by atoms with Gasteiger partial charge in [0, 0.05) is 12.0 Å². The molecule has 1 fully saturated rings. The third kappa shape index (κ3) is 1.74. The van der Waals surface area contributed by atoms with E-state index in [0.29, 0.717) is 13.2 Å². The molecule has 1 aliphatic rings. The van der Waals surface area contributed by atoms with E-state index < -0.39 is 0 Å². The van der Waals surface area contributed by atoms with Crippen molar-refractivity contribution in [1.29, 1.82) is 0 Å². The van der Waals surface area contributed by atoms with Crippen molar-refractivity contribution in [3.8, 4) is 0 Å².